The fourth-order valence-corrected chi connectivity index (χ4v) is 1.62. The minimum absolute atomic E-state index is 0.131. The molecule has 0 bridgehead atoms. The van der Waals surface area contributed by atoms with Crippen molar-refractivity contribution < 1.29 is 14.7 Å². The van der Waals surface area contributed by atoms with Gasteiger partial charge in [-0.05, 0) is 31.5 Å². The van der Waals surface area contributed by atoms with Gasteiger partial charge in [0.15, 0.2) is 0 Å². The zero-order chi connectivity index (χ0) is 14.4. The van der Waals surface area contributed by atoms with Gasteiger partial charge in [-0.3, -0.25) is 9.59 Å². The third kappa shape index (κ3) is 3.96. The van der Waals surface area contributed by atoms with Gasteiger partial charge in [0.25, 0.3) is 0 Å². The first-order valence-electron chi connectivity index (χ1n) is 6.06. The van der Waals surface area contributed by atoms with Gasteiger partial charge in [0.05, 0.1) is 18.0 Å². The van der Waals surface area contributed by atoms with E-state index < -0.39 is 11.8 Å². The summed E-state index contributed by atoms with van der Waals surface area (Å²) in [6, 6.07) is 5.18. The molecule has 0 spiro atoms. The predicted molar refractivity (Wildman–Crippen MR) is 73.6 cm³/mol. The highest BCUT2D eigenvalue weighted by Crippen LogP contribution is 2.19. The van der Waals surface area contributed by atoms with Gasteiger partial charge in [0.1, 0.15) is 0 Å². The van der Waals surface area contributed by atoms with Gasteiger partial charge in [-0.1, -0.05) is 6.07 Å². The van der Waals surface area contributed by atoms with Gasteiger partial charge < -0.3 is 21.1 Å². The number of aliphatic hydroxyl groups is 1. The Kier molecular flexibility index (Phi) is 5.32. The summed E-state index contributed by atoms with van der Waals surface area (Å²) >= 11 is 0. The average molecular weight is 265 g/mol. The van der Waals surface area contributed by atoms with Crippen molar-refractivity contribution in [3.8, 4) is 0 Å². The van der Waals surface area contributed by atoms with Crippen LogP contribution in [0.4, 0.5) is 11.4 Å². The number of hydrogen-bond donors (Lipinski definition) is 3. The van der Waals surface area contributed by atoms with E-state index in [-0.39, 0.29) is 13.2 Å². The number of rotatable bonds is 4. The molecule has 4 N–H and O–H groups in total. The molecule has 0 radical (unpaired) electrons. The molecule has 1 aromatic carbocycles. The minimum atomic E-state index is -0.757. The van der Waals surface area contributed by atoms with Crippen molar-refractivity contribution in [1.29, 1.82) is 0 Å². The number of aryl methyl sites for hydroxylation is 1. The summed E-state index contributed by atoms with van der Waals surface area (Å²) in [6.45, 7) is 3.91. The Morgan fingerprint density at radius 3 is 2.68 bits per heavy atom. The lowest BCUT2D eigenvalue weighted by atomic mass is 10.2. The van der Waals surface area contributed by atoms with Crippen molar-refractivity contribution in [2.75, 3.05) is 30.7 Å². The first-order chi connectivity index (χ1) is 8.99. The molecule has 0 fully saturated rings. The second kappa shape index (κ2) is 6.75. The molecule has 0 saturated heterocycles. The summed E-state index contributed by atoms with van der Waals surface area (Å²) in [5.41, 5.74) is 7.47. The number of nitrogens with two attached hydrogens (primary N) is 1. The van der Waals surface area contributed by atoms with Gasteiger partial charge in [-0.25, -0.2) is 0 Å². The van der Waals surface area contributed by atoms with E-state index in [0.29, 0.717) is 17.9 Å². The molecule has 1 rings (SSSR count). The quantitative estimate of drug-likeness (QED) is 0.541. The summed E-state index contributed by atoms with van der Waals surface area (Å²) in [4.78, 5) is 24.9. The summed E-state index contributed by atoms with van der Waals surface area (Å²) in [5.74, 6) is -1.44. The smallest absolute Gasteiger partial charge is 0.313 e. The highest BCUT2D eigenvalue weighted by molar-refractivity contribution is 6.39. The maximum Gasteiger partial charge on any atom is 0.313 e. The van der Waals surface area contributed by atoms with Crippen molar-refractivity contribution in [2.24, 2.45) is 0 Å². The number of nitrogens with one attached hydrogen (secondary N) is 1. The number of carbonyl (C=O) groups is 2. The van der Waals surface area contributed by atoms with Crippen LogP contribution in [0.1, 0.15) is 12.5 Å². The lowest BCUT2D eigenvalue weighted by Crippen LogP contribution is -2.41. The van der Waals surface area contributed by atoms with E-state index in [4.69, 9.17) is 10.8 Å². The van der Waals surface area contributed by atoms with Crippen molar-refractivity contribution in [3.63, 3.8) is 0 Å². The standard InChI is InChI=1S/C13H19N3O3/c1-3-16(6-7-17)13(19)12(18)15-11-8-9(2)4-5-10(11)14/h4-5,8,17H,3,6-7,14H2,1-2H3,(H,15,18). The highest BCUT2D eigenvalue weighted by Gasteiger charge is 2.20. The number of hydrogen-bond acceptors (Lipinski definition) is 4. The Morgan fingerprint density at radius 2 is 2.11 bits per heavy atom. The van der Waals surface area contributed by atoms with Crippen LogP contribution in [-0.2, 0) is 9.59 Å². The predicted octanol–water partition coefficient (Wildman–Crippen LogP) is 0.357. The third-order valence-corrected chi connectivity index (χ3v) is 2.69. The molecule has 104 valence electrons. The van der Waals surface area contributed by atoms with Crippen LogP contribution in [0.25, 0.3) is 0 Å². The number of nitrogens with zero attached hydrogens (tertiary/aromatic N) is 1. The van der Waals surface area contributed by atoms with Gasteiger partial charge in [0.2, 0.25) is 0 Å². The molecule has 0 unspecified atom stereocenters. The van der Waals surface area contributed by atoms with Crippen LogP contribution in [-0.4, -0.2) is 41.5 Å². The molecule has 2 amide bonds. The zero-order valence-electron chi connectivity index (χ0n) is 11.1. The van der Waals surface area contributed by atoms with Crippen LogP contribution < -0.4 is 11.1 Å². The number of aliphatic hydroxyl groups excluding tert-OH is 1. The largest absolute Gasteiger partial charge is 0.397 e. The molecular formula is C13H19N3O3. The van der Waals surface area contributed by atoms with E-state index in [1.807, 2.05) is 13.0 Å². The number of carbonyl (C=O) groups excluding carboxylic acids is 2. The number of anilines is 2. The SMILES string of the molecule is CCN(CCO)C(=O)C(=O)Nc1cc(C)ccc1N. The van der Waals surface area contributed by atoms with Gasteiger partial charge in [-0.2, -0.15) is 0 Å². The minimum Gasteiger partial charge on any atom is -0.397 e. The maximum absolute atomic E-state index is 11.8. The molecule has 0 aliphatic carbocycles. The molecule has 0 saturated carbocycles. The van der Waals surface area contributed by atoms with Crippen molar-refractivity contribution in [1.82, 2.24) is 4.90 Å². The topological polar surface area (TPSA) is 95.7 Å². The molecule has 0 aromatic heterocycles. The molecule has 6 nitrogen and oxygen atoms in total. The van der Waals surface area contributed by atoms with Crippen molar-refractivity contribution >= 4 is 23.2 Å². The number of amides is 2. The van der Waals surface area contributed by atoms with Gasteiger partial charge in [0, 0.05) is 13.1 Å². The molecule has 1 aromatic rings. The molecular weight excluding hydrogens is 246 g/mol. The molecule has 0 aliphatic heterocycles. The Hall–Kier alpha value is -2.08. The van der Waals surface area contributed by atoms with E-state index in [1.165, 1.54) is 4.90 Å². The molecule has 0 atom stereocenters. The first kappa shape index (κ1) is 15.0. The molecule has 0 aliphatic rings. The van der Waals surface area contributed by atoms with Crippen LogP contribution in [0.5, 0.6) is 0 Å². The van der Waals surface area contributed by atoms with Crippen LogP contribution in [0, 0.1) is 6.92 Å². The fourth-order valence-electron chi connectivity index (χ4n) is 1.62. The summed E-state index contributed by atoms with van der Waals surface area (Å²) in [7, 11) is 0. The molecule has 19 heavy (non-hydrogen) atoms. The average Bonchev–Trinajstić information content (AvgIpc) is 2.39. The van der Waals surface area contributed by atoms with E-state index in [2.05, 4.69) is 5.32 Å². The van der Waals surface area contributed by atoms with Crippen LogP contribution in [0.15, 0.2) is 18.2 Å². The van der Waals surface area contributed by atoms with Crippen LogP contribution in [0.3, 0.4) is 0 Å². The fraction of sp³-hybridized carbons (Fsp3) is 0.385. The van der Waals surface area contributed by atoms with Crippen LogP contribution in [0.2, 0.25) is 0 Å². The van der Waals surface area contributed by atoms with E-state index in [0.717, 1.165) is 5.56 Å². The number of benzene rings is 1. The maximum atomic E-state index is 11.8. The van der Waals surface area contributed by atoms with E-state index in [1.54, 1.807) is 19.1 Å². The normalized spacial score (nSPS) is 10.1. The first-order valence-corrected chi connectivity index (χ1v) is 6.06. The number of likely N-dealkylation sites (N-methyl/N-ethyl adjacent to an activating group) is 1. The van der Waals surface area contributed by atoms with Crippen LogP contribution >= 0.6 is 0 Å². The Labute approximate surface area is 112 Å². The third-order valence-electron chi connectivity index (χ3n) is 2.69. The second-order valence-corrected chi connectivity index (χ2v) is 4.15. The summed E-state index contributed by atoms with van der Waals surface area (Å²) in [5, 5.41) is 11.3. The zero-order valence-corrected chi connectivity index (χ0v) is 11.1. The number of nitrogen functional groups attached to an aromatic ring is 1. The van der Waals surface area contributed by atoms with E-state index >= 15 is 0 Å². The Morgan fingerprint density at radius 1 is 1.42 bits per heavy atom. The Bertz CT molecular complexity index is 474. The summed E-state index contributed by atoms with van der Waals surface area (Å²) < 4.78 is 0. The van der Waals surface area contributed by atoms with E-state index in [9.17, 15) is 9.59 Å². The lowest BCUT2D eigenvalue weighted by molar-refractivity contribution is -0.143. The van der Waals surface area contributed by atoms with Gasteiger partial charge in [-0.15, -0.1) is 0 Å². The monoisotopic (exact) mass is 265 g/mol. The second-order valence-electron chi connectivity index (χ2n) is 4.15. The Balaban J connectivity index is 2.78. The lowest BCUT2D eigenvalue weighted by Gasteiger charge is -2.19. The van der Waals surface area contributed by atoms with Gasteiger partial charge >= 0.3 is 11.8 Å². The highest BCUT2D eigenvalue weighted by atomic mass is 16.3. The molecule has 6 heteroatoms. The molecule has 0 heterocycles. The van der Waals surface area contributed by atoms with Crippen molar-refractivity contribution in [3.05, 3.63) is 23.8 Å². The summed E-state index contributed by atoms with van der Waals surface area (Å²) in [6.07, 6.45) is 0. The van der Waals surface area contributed by atoms with Crippen molar-refractivity contribution in [2.45, 2.75) is 13.8 Å².